The zero-order chi connectivity index (χ0) is 49.4. The molecule has 6 aromatic rings. The monoisotopic (exact) mass is 895 g/mol. The number of hydrogen-bond donors (Lipinski definition) is 0. The van der Waals surface area contributed by atoms with E-state index in [1.807, 2.05) is 52.8 Å². The molecule has 6 atom stereocenters. The molecule has 0 saturated heterocycles. The molecule has 0 radical (unpaired) electrons. The largest absolute Gasteiger partial charge is 0.0955 e. The molecule has 0 aromatic heterocycles. The van der Waals surface area contributed by atoms with E-state index in [0.29, 0.717) is 35.5 Å². The van der Waals surface area contributed by atoms with Gasteiger partial charge in [0.1, 0.15) is 0 Å². The van der Waals surface area contributed by atoms with E-state index >= 15 is 0 Å². The zero-order valence-corrected chi connectivity index (χ0v) is 44.7. The van der Waals surface area contributed by atoms with Crippen molar-refractivity contribution < 1.29 is 0 Å². The summed E-state index contributed by atoms with van der Waals surface area (Å²) in [6, 6.07) is 65.1. The Labute approximate surface area is 411 Å². The van der Waals surface area contributed by atoms with Gasteiger partial charge >= 0.3 is 0 Å². The molecule has 0 spiro atoms. The van der Waals surface area contributed by atoms with Crippen LogP contribution in [-0.2, 0) is 6.42 Å². The summed E-state index contributed by atoms with van der Waals surface area (Å²) in [4.78, 5) is 0. The fourth-order valence-electron chi connectivity index (χ4n) is 11.6. The van der Waals surface area contributed by atoms with E-state index in [2.05, 4.69) is 234 Å². The maximum absolute atomic E-state index is 3.83. The van der Waals surface area contributed by atoms with Crippen molar-refractivity contribution in [1.29, 1.82) is 0 Å². The van der Waals surface area contributed by atoms with Crippen molar-refractivity contribution in [3.05, 3.63) is 221 Å². The number of benzene rings is 6. The summed E-state index contributed by atoms with van der Waals surface area (Å²) in [6.07, 6.45) is 4.56. The predicted octanol–water partition coefficient (Wildman–Crippen LogP) is 20.2. The van der Waals surface area contributed by atoms with Gasteiger partial charge < -0.3 is 0 Å². The van der Waals surface area contributed by atoms with Crippen molar-refractivity contribution in [2.45, 2.75) is 159 Å². The van der Waals surface area contributed by atoms with Crippen molar-refractivity contribution in [3.8, 4) is 0 Å². The molecule has 1 aliphatic carbocycles. The van der Waals surface area contributed by atoms with Crippen molar-refractivity contribution in [1.82, 2.24) is 0 Å². The zero-order valence-electron chi connectivity index (χ0n) is 44.7. The molecule has 0 heteroatoms. The second-order valence-corrected chi connectivity index (χ2v) is 21.9. The molecule has 6 unspecified atom stereocenters. The molecule has 0 heterocycles. The van der Waals surface area contributed by atoms with Crippen LogP contribution in [-0.4, -0.2) is 0 Å². The lowest BCUT2D eigenvalue weighted by Crippen LogP contribution is -2.41. The molecule has 0 fully saturated rings. The highest BCUT2D eigenvalue weighted by Crippen LogP contribution is 2.63. The average molecular weight is 895 g/mol. The lowest BCUT2D eigenvalue weighted by atomic mass is 9.53. The topological polar surface area (TPSA) is 0 Å². The Morgan fingerprint density at radius 2 is 0.881 bits per heavy atom. The van der Waals surface area contributed by atoms with Crippen LogP contribution in [0.1, 0.15) is 192 Å². The van der Waals surface area contributed by atoms with Crippen molar-refractivity contribution >= 4 is 5.57 Å². The van der Waals surface area contributed by atoms with Gasteiger partial charge in [-0.1, -0.05) is 285 Å². The van der Waals surface area contributed by atoms with Crippen LogP contribution in [0.15, 0.2) is 183 Å². The summed E-state index contributed by atoms with van der Waals surface area (Å²) >= 11 is 0. The van der Waals surface area contributed by atoms with E-state index in [0.717, 1.165) is 31.3 Å². The average Bonchev–Trinajstić information content (AvgIpc) is 3.77. The Morgan fingerprint density at radius 1 is 0.478 bits per heavy atom. The minimum atomic E-state index is 0.0373. The molecular formula is C67H90. The lowest BCUT2D eigenvalue weighted by molar-refractivity contribution is 0.0532. The summed E-state index contributed by atoms with van der Waals surface area (Å²) in [6.45, 7) is 39.4. The van der Waals surface area contributed by atoms with Gasteiger partial charge in [0, 0.05) is 0 Å². The first-order valence-corrected chi connectivity index (χ1v) is 25.9. The molecular weight excluding hydrogens is 805 g/mol. The van der Waals surface area contributed by atoms with E-state index in [9.17, 15) is 0 Å². The highest BCUT2D eigenvalue weighted by Gasteiger charge is 2.53. The van der Waals surface area contributed by atoms with Crippen LogP contribution in [0.25, 0.3) is 5.57 Å². The third kappa shape index (κ3) is 14.1. The van der Waals surface area contributed by atoms with E-state index < -0.39 is 0 Å². The first kappa shape index (κ1) is 54.7. The van der Waals surface area contributed by atoms with E-state index in [1.165, 1.54) is 27.8 Å². The predicted molar refractivity (Wildman–Crippen MR) is 297 cm³/mol. The molecule has 0 aliphatic heterocycles. The normalized spacial score (nSPS) is 16.5. The van der Waals surface area contributed by atoms with E-state index in [-0.39, 0.29) is 21.7 Å². The Bertz CT molecular complexity index is 2300. The minimum absolute atomic E-state index is 0.0373. The van der Waals surface area contributed by atoms with Gasteiger partial charge in [-0.15, -0.1) is 0 Å². The summed E-state index contributed by atoms with van der Waals surface area (Å²) in [5.41, 5.74) is 11.6. The number of fused-ring (bicyclic) bond motifs is 1. The van der Waals surface area contributed by atoms with Gasteiger partial charge in [-0.05, 0) is 129 Å². The lowest BCUT2D eigenvalue weighted by Gasteiger charge is -2.51. The molecule has 0 nitrogen and oxygen atoms in total. The number of hydrogen-bond acceptors (Lipinski definition) is 0. The van der Waals surface area contributed by atoms with Gasteiger partial charge in [-0.2, -0.15) is 0 Å². The molecule has 7 rings (SSSR count). The van der Waals surface area contributed by atoms with Gasteiger partial charge in [0.25, 0.3) is 0 Å². The SMILES string of the molecule is C=C(C)c1ccccc1.CC.CC.CC(CC(C)(C)C(CC(C)(C)C1c2ccccc2CC1C(C)(C)C(CC(C)(C)C(C)c1ccccc1)c1ccccc1)c1ccccc1)c1ccccc1. The highest BCUT2D eigenvalue weighted by molar-refractivity contribution is 5.60. The quantitative estimate of drug-likeness (QED) is 0.0908. The van der Waals surface area contributed by atoms with Crippen molar-refractivity contribution in [2.75, 3.05) is 0 Å². The van der Waals surface area contributed by atoms with Crippen LogP contribution in [0.3, 0.4) is 0 Å². The summed E-state index contributed by atoms with van der Waals surface area (Å²) in [5, 5.41) is 0. The molecule has 0 amide bonds. The van der Waals surface area contributed by atoms with Crippen LogP contribution in [0.5, 0.6) is 0 Å². The highest BCUT2D eigenvalue weighted by atomic mass is 14.6. The third-order valence-electron chi connectivity index (χ3n) is 15.7. The van der Waals surface area contributed by atoms with Gasteiger partial charge in [0.15, 0.2) is 0 Å². The van der Waals surface area contributed by atoms with Crippen LogP contribution in [0.2, 0.25) is 0 Å². The second kappa shape index (κ2) is 24.9. The van der Waals surface area contributed by atoms with Gasteiger partial charge in [0.2, 0.25) is 0 Å². The molecule has 0 saturated carbocycles. The van der Waals surface area contributed by atoms with Gasteiger partial charge in [-0.25, -0.2) is 0 Å². The number of allylic oxidation sites excluding steroid dienone is 1. The standard InChI is InChI=1S/C54H68.C9H10.2C2H6/c1-39(41-25-15-11-16-26-41)36-52(5,6)48(43-29-19-13-20-30-43)37-53(7,8)50-46-34-24-23-33-45(46)35-47(50)54(9,10)49(44-31-21-14-22-32-44)38-51(3,4)40(2)42-27-17-12-18-28-42;1-8(2)9-6-4-3-5-7-9;2*1-2/h11-34,39-40,47-50H,35-38H2,1-10H3;3-7H,1H2,2H3;2*1-2H3. The minimum Gasteiger partial charge on any atom is -0.0955 e. The summed E-state index contributed by atoms with van der Waals surface area (Å²) < 4.78 is 0. The first-order valence-electron chi connectivity index (χ1n) is 25.9. The Kier molecular flexibility index (Phi) is 20.3. The Morgan fingerprint density at radius 3 is 1.34 bits per heavy atom. The van der Waals surface area contributed by atoms with E-state index in [4.69, 9.17) is 0 Å². The van der Waals surface area contributed by atoms with Gasteiger partial charge in [-0.3, -0.25) is 0 Å². The first-order chi connectivity index (χ1) is 31.9. The Hall–Kier alpha value is -4.94. The van der Waals surface area contributed by atoms with Crippen molar-refractivity contribution in [2.24, 2.45) is 27.6 Å². The molecule has 358 valence electrons. The molecule has 67 heavy (non-hydrogen) atoms. The molecule has 1 aliphatic rings. The van der Waals surface area contributed by atoms with Crippen LogP contribution < -0.4 is 0 Å². The smallest absolute Gasteiger partial charge is 0.00708 e. The van der Waals surface area contributed by atoms with Gasteiger partial charge in [0.05, 0.1) is 0 Å². The fraction of sp³-hybridized carbons (Fsp3) is 0.433. The third-order valence-corrected chi connectivity index (χ3v) is 15.7. The van der Waals surface area contributed by atoms with Crippen LogP contribution in [0.4, 0.5) is 0 Å². The summed E-state index contributed by atoms with van der Waals surface area (Å²) in [5.74, 6) is 2.71. The van der Waals surface area contributed by atoms with Crippen molar-refractivity contribution in [3.63, 3.8) is 0 Å². The maximum Gasteiger partial charge on any atom is -0.00708 e. The fourth-order valence-corrected chi connectivity index (χ4v) is 11.6. The van der Waals surface area contributed by atoms with Crippen LogP contribution >= 0.6 is 0 Å². The molecule has 0 N–H and O–H groups in total. The second-order valence-electron chi connectivity index (χ2n) is 21.9. The number of rotatable bonds is 16. The molecule has 6 aromatic carbocycles. The molecule has 0 bridgehead atoms. The Balaban J connectivity index is 0.000000661. The maximum atomic E-state index is 3.83. The van der Waals surface area contributed by atoms with E-state index in [1.54, 1.807) is 11.1 Å². The summed E-state index contributed by atoms with van der Waals surface area (Å²) in [7, 11) is 0. The van der Waals surface area contributed by atoms with Crippen LogP contribution in [0, 0.1) is 27.6 Å².